The van der Waals surface area contributed by atoms with Crippen molar-refractivity contribution in [1.29, 1.82) is 0 Å². The number of hydrogen-bond acceptors (Lipinski definition) is 2. The van der Waals surface area contributed by atoms with E-state index in [-0.39, 0.29) is 0 Å². The van der Waals surface area contributed by atoms with Gasteiger partial charge in [0.15, 0.2) is 5.96 Å². The van der Waals surface area contributed by atoms with E-state index >= 15 is 0 Å². The SMILES string of the molecule is CCN1CCC(CNC(=NC)N2CCC3(CCCCC3)C2)C1. The van der Waals surface area contributed by atoms with Gasteiger partial charge in [0, 0.05) is 33.2 Å². The Balaban J connectivity index is 1.48. The van der Waals surface area contributed by atoms with E-state index in [0.29, 0.717) is 5.41 Å². The molecule has 1 spiro atoms. The summed E-state index contributed by atoms with van der Waals surface area (Å²) < 4.78 is 0. The predicted molar refractivity (Wildman–Crippen MR) is 93.3 cm³/mol. The second-order valence-electron chi connectivity index (χ2n) is 7.71. The number of guanidine groups is 1. The predicted octanol–water partition coefficient (Wildman–Crippen LogP) is 2.56. The molecule has 4 nitrogen and oxygen atoms in total. The minimum Gasteiger partial charge on any atom is -0.356 e. The van der Waals surface area contributed by atoms with Crippen LogP contribution >= 0.6 is 0 Å². The zero-order chi connectivity index (χ0) is 15.4. The van der Waals surface area contributed by atoms with Gasteiger partial charge in [-0.2, -0.15) is 0 Å². The van der Waals surface area contributed by atoms with Crippen LogP contribution in [0.2, 0.25) is 0 Å². The Hall–Kier alpha value is -0.770. The fourth-order valence-corrected chi connectivity index (χ4v) is 4.76. The molecule has 0 aromatic heterocycles. The highest BCUT2D eigenvalue weighted by molar-refractivity contribution is 5.80. The highest BCUT2D eigenvalue weighted by Gasteiger charge is 2.39. The van der Waals surface area contributed by atoms with Crippen LogP contribution in [0.5, 0.6) is 0 Å². The normalized spacial score (nSPS) is 29.5. The Labute approximate surface area is 136 Å². The summed E-state index contributed by atoms with van der Waals surface area (Å²) in [4.78, 5) is 9.65. The number of hydrogen-bond donors (Lipinski definition) is 1. The molecule has 126 valence electrons. The molecule has 2 saturated heterocycles. The van der Waals surface area contributed by atoms with E-state index in [0.717, 1.165) is 18.4 Å². The second kappa shape index (κ2) is 7.20. The van der Waals surface area contributed by atoms with Crippen molar-refractivity contribution in [2.24, 2.45) is 16.3 Å². The molecule has 0 aromatic rings. The van der Waals surface area contributed by atoms with E-state index < -0.39 is 0 Å². The summed E-state index contributed by atoms with van der Waals surface area (Å²) in [7, 11) is 1.95. The number of nitrogens with zero attached hydrogens (tertiary/aromatic N) is 3. The quantitative estimate of drug-likeness (QED) is 0.642. The molecule has 4 heteroatoms. The molecule has 3 aliphatic rings. The van der Waals surface area contributed by atoms with Crippen LogP contribution in [0.4, 0.5) is 0 Å². The topological polar surface area (TPSA) is 30.9 Å². The summed E-state index contributed by atoms with van der Waals surface area (Å²) in [5.74, 6) is 1.94. The van der Waals surface area contributed by atoms with Crippen LogP contribution < -0.4 is 5.32 Å². The van der Waals surface area contributed by atoms with Crippen molar-refractivity contribution < 1.29 is 0 Å². The molecule has 1 atom stereocenters. The number of rotatable bonds is 3. The minimum atomic E-state index is 0.613. The number of aliphatic imine (C=N–C) groups is 1. The lowest BCUT2D eigenvalue weighted by Gasteiger charge is -2.33. The molecule has 0 amide bonds. The van der Waals surface area contributed by atoms with Gasteiger partial charge in [0.2, 0.25) is 0 Å². The Morgan fingerprint density at radius 3 is 2.68 bits per heavy atom. The third-order valence-corrected chi connectivity index (χ3v) is 6.23. The van der Waals surface area contributed by atoms with Crippen molar-refractivity contribution in [3.8, 4) is 0 Å². The van der Waals surface area contributed by atoms with Crippen molar-refractivity contribution in [2.75, 3.05) is 46.3 Å². The Kier molecular flexibility index (Phi) is 5.27. The molecule has 2 heterocycles. The highest BCUT2D eigenvalue weighted by Crippen LogP contribution is 2.43. The largest absolute Gasteiger partial charge is 0.356 e. The van der Waals surface area contributed by atoms with Crippen LogP contribution in [-0.4, -0.2) is 62.1 Å². The molecule has 2 aliphatic heterocycles. The summed E-state index contributed by atoms with van der Waals surface area (Å²) >= 11 is 0. The molecule has 22 heavy (non-hydrogen) atoms. The van der Waals surface area contributed by atoms with Gasteiger partial charge in [-0.15, -0.1) is 0 Å². The summed E-state index contributed by atoms with van der Waals surface area (Å²) in [6.45, 7) is 9.51. The molecule has 0 bridgehead atoms. The van der Waals surface area contributed by atoms with E-state index in [4.69, 9.17) is 0 Å². The lowest BCUT2D eigenvalue weighted by molar-refractivity contribution is 0.203. The van der Waals surface area contributed by atoms with Gasteiger partial charge in [0.05, 0.1) is 0 Å². The first kappa shape index (κ1) is 16.1. The van der Waals surface area contributed by atoms with Crippen LogP contribution in [0.1, 0.15) is 51.9 Å². The van der Waals surface area contributed by atoms with Gasteiger partial charge in [-0.3, -0.25) is 4.99 Å². The molecular weight excluding hydrogens is 272 g/mol. The molecule has 0 radical (unpaired) electrons. The highest BCUT2D eigenvalue weighted by atomic mass is 15.3. The van der Waals surface area contributed by atoms with Crippen LogP contribution in [0.3, 0.4) is 0 Å². The molecule has 3 rings (SSSR count). The summed E-state index contributed by atoms with van der Waals surface area (Å²) in [6, 6.07) is 0. The van der Waals surface area contributed by atoms with Crippen molar-refractivity contribution in [3.63, 3.8) is 0 Å². The lowest BCUT2D eigenvalue weighted by atomic mass is 9.73. The monoisotopic (exact) mass is 306 g/mol. The van der Waals surface area contributed by atoms with Gasteiger partial charge in [-0.25, -0.2) is 0 Å². The Morgan fingerprint density at radius 2 is 2.00 bits per heavy atom. The van der Waals surface area contributed by atoms with E-state index in [1.54, 1.807) is 0 Å². The Morgan fingerprint density at radius 1 is 1.18 bits per heavy atom. The third-order valence-electron chi connectivity index (χ3n) is 6.23. The number of likely N-dealkylation sites (tertiary alicyclic amines) is 2. The van der Waals surface area contributed by atoms with Crippen LogP contribution in [0.25, 0.3) is 0 Å². The van der Waals surface area contributed by atoms with Gasteiger partial charge >= 0.3 is 0 Å². The maximum atomic E-state index is 4.57. The first-order valence-corrected chi connectivity index (χ1v) is 9.43. The molecule has 1 aliphatic carbocycles. The molecule has 0 aromatic carbocycles. The minimum absolute atomic E-state index is 0.613. The molecule has 3 fully saturated rings. The van der Waals surface area contributed by atoms with Crippen LogP contribution in [0.15, 0.2) is 4.99 Å². The average molecular weight is 306 g/mol. The maximum Gasteiger partial charge on any atom is 0.193 e. The lowest BCUT2D eigenvalue weighted by Crippen LogP contribution is -2.43. The van der Waals surface area contributed by atoms with Crippen molar-refractivity contribution in [3.05, 3.63) is 0 Å². The first-order chi connectivity index (χ1) is 10.7. The average Bonchev–Trinajstić information content (AvgIpc) is 3.17. The van der Waals surface area contributed by atoms with E-state index in [2.05, 4.69) is 27.0 Å². The summed E-state index contributed by atoms with van der Waals surface area (Å²) in [6.07, 6.45) is 9.92. The maximum absolute atomic E-state index is 4.57. The molecular formula is C18H34N4. The van der Waals surface area contributed by atoms with Gasteiger partial charge in [0.1, 0.15) is 0 Å². The first-order valence-electron chi connectivity index (χ1n) is 9.43. The standard InChI is InChI=1S/C18H34N4/c1-3-21-11-7-16(14-21)13-20-17(19-2)22-12-10-18(15-22)8-5-4-6-9-18/h16H,3-15H2,1-2H3,(H,19,20). The van der Waals surface area contributed by atoms with Crippen LogP contribution in [0, 0.1) is 11.3 Å². The zero-order valence-electron chi connectivity index (χ0n) is 14.6. The van der Waals surface area contributed by atoms with Gasteiger partial charge in [-0.1, -0.05) is 26.2 Å². The van der Waals surface area contributed by atoms with Crippen molar-refractivity contribution >= 4 is 5.96 Å². The van der Waals surface area contributed by atoms with Gasteiger partial charge in [-0.05, 0) is 50.1 Å². The summed E-state index contributed by atoms with van der Waals surface area (Å²) in [5.41, 5.74) is 0.613. The number of nitrogens with one attached hydrogen (secondary N) is 1. The van der Waals surface area contributed by atoms with Crippen molar-refractivity contribution in [1.82, 2.24) is 15.1 Å². The second-order valence-corrected chi connectivity index (χ2v) is 7.71. The van der Waals surface area contributed by atoms with E-state index in [1.807, 2.05) is 7.05 Å². The third kappa shape index (κ3) is 3.58. The zero-order valence-corrected chi connectivity index (χ0v) is 14.6. The fourth-order valence-electron chi connectivity index (χ4n) is 4.76. The van der Waals surface area contributed by atoms with Crippen LogP contribution in [-0.2, 0) is 0 Å². The molecule has 1 unspecified atom stereocenters. The van der Waals surface area contributed by atoms with Gasteiger partial charge in [0.25, 0.3) is 0 Å². The van der Waals surface area contributed by atoms with Gasteiger partial charge < -0.3 is 15.1 Å². The molecule has 1 N–H and O–H groups in total. The smallest absolute Gasteiger partial charge is 0.193 e. The van der Waals surface area contributed by atoms with E-state index in [9.17, 15) is 0 Å². The fraction of sp³-hybridized carbons (Fsp3) is 0.944. The summed E-state index contributed by atoms with van der Waals surface area (Å²) in [5, 5.41) is 3.67. The van der Waals surface area contributed by atoms with E-state index in [1.165, 1.54) is 77.7 Å². The van der Waals surface area contributed by atoms with Crippen molar-refractivity contribution in [2.45, 2.75) is 51.9 Å². The molecule has 1 saturated carbocycles. The Bertz CT molecular complexity index is 387.